The van der Waals surface area contributed by atoms with E-state index in [9.17, 15) is 8.42 Å². The number of sulfonamides is 1. The zero-order chi connectivity index (χ0) is 18.6. The highest BCUT2D eigenvalue weighted by atomic mass is 32.2. The highest BCUT2D eigenvalue weighted by Crippen LogP contribution is 2.37. The Labute approximate surface area is 146 Å². The van der Waals surface area contributed by atoms with Gasteiger partial charge < -0.3 is 13.7 Å². The quantitative estimate of drug-likeness (QED) is 0.816. The molecule has 1 aromatic carbocycles. The number of hydrogen-bond acceptors (Lipinski definition) is 5. The summed E-state index contributed by atoms with van der Waals surface area (Å²) in [7, 11) is -6.46. The third kappa shape index (κ3) is 4.20. The number of primary sulfonamides is 1. The van der Waals surface area contributed by atoms with Crippen LogP contribution < -0.4 is 15.0 Å². The van der Waals surface area contributed by atoms with Gasteiger partial charge in [0.1, 0.15) is 5.75 Å². The monoisotopic (exact) mass is 371 g/mol. The molecule has 0 amide bonds. The van der Waals surface area contributed by atoms with Gasteiger partial charge in [0.25, 0.3) is 0 Å². The molecule has 1 heterocycles. The Morgan fingerprint density at radius 2 is 1.54 bits per heavy atom. The van der Waals surface area contributed by atoms with Crippen molar-refractivity contribution in [2.24, 2.45) is 5.14 Å². The molecule has 0 aromatic heterocycles. The maximum atomic E-state index is 11.8. The van der Waals surface area contributed by atoms with Crippen LogP contribution in [0.25, 0.3) is 0 Å². The number of hydrogen-bond donors (Lipinski definition) is 1. The second-order valence-electron chi connectivity index (χ2n) is 8.09. The molecule has 0 radical (unpaired) electrons. The molecule has 1 aromatic rings. The van der Waals surface area contributed by atoms with E-state index in [2.05, 4.69) is 0 Å². The van der Waals surface area contributed by atoms with Gasteiger partial charge >= 0.3 is 7.12 Å². The molecule has 2 rings (SSSR count). The normalized spacial score (nSPS) is 20.2. The highest BCUT2D eigenvalue weighted by molar-refractivity contribution is 7.89. The molecular weight excluding hydrogens is 345 g/mol. The van der Waals surface area contributed by atoms with Crippen molar-refractivity contribution in [3.05, 3.63) is 18.2 Å². The molecule has 1 saturated heterocycles. The van der Waals surface area contributed by atoms with Gasteiger partial charge in [-0.25, -0.2) is 13.6 Å². The summed E-state index contributed by atoms with van der Waals surface area (Å²) >= 11 is 0. The van der Waals surface area contributed by atoms with Crippen LogP contribution in [0, 0.1) is 0 Å². The molecule has 24 heavy (non-hydrogen) atoms. The summed E-state index contributed by atoms with van der Waals surface area (Å²) in [5.74, 6) is 0.463. The SMILES string of the molecule is CC1(C)OB(c2cc(O[Si](C)(C)C)cc(S(N)(=O)=O)c2)OC1(C)C. The van der Waals surface area contributed by atoms with Crippen molar-refractivity contribution in [2.75, 3.05) is 0 Å². The van der Waals surface area contributed by atoms with E-state index in [-0.39, 0.29) is 4.90 Å². The van der Waals surface area contributed by atoms with Crippen LogP contribution in [0.5, 0.6) is 5.75 Å². The minimum Gasteiger partial charge on any atom is -0.544 e. The minimum absolute atomic E-state index is 0.0111. The van der Waals surface area contributed by atoms with Gasteiger partial charge in [0.2, 0.25) is 18.3 Å². The maximum Gasteiger partial charge on any atom is 0.495 e. The molecule has 0 bridgehead atoms. The smallest absolute Gasteiger partial charge is 0.495 e. The van der Waals surface area contributed by atoms with Crippen LogP contribution in [0.4, 0.5) is 0 Å². The minimum atomic E-state index is -3.87. The summed E-state index contributed by atoms with van der Waals surface area (Å²) in [4.78, 5) is -0.0111. The van der Waals surface area contributed by atoms with Gasteiger partial charge in [-0.05, 0) is 71.0 Å². The summed E-state index contributed by atoms with van der Waals surface area (Å²) in [6.07, 6.45) is 0. The summed E-state index contributed by atoms with van der Waals surface area (Å²) in [5, 5.41) is 5.31. The molecule has 9 heteroatoms. The van der Waals surface area contributed by atoms with Crippen molar-refractivity contribution in [2.45, 2.75) is 63.4 Å². The first-order chi connectivity index (χ1) is 10.6. The first-order valence-corrected chi connectivity index (χ1v) is 12.8. The lowest BCUT2D eigenvalue weighted by Gasteiger charge is -2.32. The molecule has 0 saturated carbocycles. The van der Waals surface area contributed by atoms with Crippen LogP contribution >= 0.6 is 0 Å². The zero-order valence-electron chi connectivity index (χ0n) is 15.3. The van der Waals surface area contributed by atoms with Gasteiger partial charge in [-0.3, -0.25) is 0 Å². The molecule has 6 nitrogen and oxygen atoms in total. The highest BCUT2D eigenvalue weighted by Gasteiger charge is 2.52. The Morgan fingerprint density at radius 1 is 1.04 bits per heavy atom. The molecule has 2 N–H and O–H groups in total. The topological polar surface area (TPSA) is 87.9 Å². The molecule has 0 aliphatic carbocycles. The Kier molecular flexibility index (Phi) is 4.74. The Bertz CT molecular complexity index is 727. The van der Waals surface area contributed by atoms with E-state index in [1.54, 1.807) is 6.07 Å². The standard InChI is InChI=1S/C15H26BNO5SSi/c1-14(2)15(3,4)22-16(21-14)11-8-12(20-24(5,6)7)10-13(9-11)23(17,18)19/h8-10H,1-7H3,(H2,17,18,19). The first-order valence-electron chi connectivity index (χ1n) is 7.83. The lowest BCUT2D eigenvalue weighted by Crippen LogP contribution is -2.41. The molecule has 1 fully saturated rings. The van der Waals surface area contributed by atoms with Gasteiger partial charge in [-0.1, -0.05) is 0 Å². The van der Waals surface area contributed by atoms with Gasteiger partial charge in [0.05, 0.1) is 16.1 Å². The lowest BCUT2D eigenvalue weighted by atomic mass is 9.79. The molecule has 0 atom stereocenters. The van der Waals surface area contributed by atoms with E-state index in [0.717, 1.165) is 0 Å². The van der Waals surface area contributed by atoms with E-state index >= 15 is 0 Å². The van der Waals surface area contributed by atoms with Crippen molar-refractivity contribution in [1.82, 2.24) is 0 Å². The van der Waals surface area contributed by atoms with Crippen molar-refractivity contribution in [3.8, 4) is 5.75 Å². The largest absolute Gasteiger partial charge is 0.544 e. The second-order valence-corrected chi connectivity index (χ2v) is 14.1. The fraction of sp³-hybridized carbons (Fsp3) is 0.600. The number of rotatable bonds is 4. The molecular formula is C15H26BNO5SSi. The lowest BCUT2D eigenvalue weighted by molar-refractivity contribution is 0.00578. The predicted molar refractivity (Wildman–Crippen MR) is 97.5 cm³/mol. The van der Waals surface area contributed by atoms with Crippen molar-refractivity contribution >= 4 is 30.9 Å². The third-order valence-electron chi connectivity index (χ3n) is 4.18. The molecule has 1 aliphatic heterocycles. The van der Waals surface area contributed by atoms with Crippen molar-refractivity contribution < 1.29 is 22.2 Å². The van der Waals surface area contributed by atoms with E-state index < -0.39 is 36.7 Å². The summed E-state index contributed by atoms with van der Waals surface area (Å²) in [5.41, 5.74) is -0.460. The third-order valence-corrected chi connectivity index (χ3v) is 5.92. The Balaban J connectivity index is 2.49. The van der Waals surface area contributed by atoms with Gasteiger partial charge in [0.15, 0.2) is 0 Å². The molecule has 134 valence electrons. The van der Waals surface area contributed by atoms with Gasteiger partial charge in [-0.15, -0.1) is 0 Å². The fourth-order valence-electron chi connectivity index (χ4n) is 2.29. The number of nitrogens with two attached hydrogens (primary N) is 1. The molecule has 1 aliphatic rings. The van der Waals surface area contributed by atoms with Crippen molar-refractivity contribution in [1.29, 1.82) is 0 Å². The summed E-state index contributed by atoms with van der Waals surface area (Å²) in [6.45, 7) is 13.8. The van der Waals surface area contributed by atoms with Crippen LogP contribution in [0.15, 0.2) is 23.1 Å². The molecule has 0 spiro atoms. The number of benzene rings is 1. The van der Waals surface area contributed by atoms with Crippen LogP contribution in [0.2, 0.25) is 19.6 Å². The van der Waals surface area contributed by atoms with Gasteiger partial charge in [-0.2, -0.15) is 0 Å². The Morgan fingerprint density at radius 3 is 1.96 bits per heavy atom. The molecule has 0 unspecified atom stereocenters. The van der Waals surface area contributed by atoms with Crippen LogP contribution in [-0.2, 0) is 19.3 Å². The van der Waals surface area contributed by atoms with Crippen LogP contribution in [-0.4, -0.2) is 35.1 Å². The zero-order valence-corrected chi connectivity index (χ0v) is 17.2. The van der Waals surface area contributed by atoms with E-state index in [4.69, 9.17) is 18.9 Å². The summed E-state index contributed by atoms with van der Waals surface area (Å²) < 4.78 is 41.6. The van der Waals surface area contributed by atoms with E-state index in [1.165, 1.54) is 12.1 Å². The van der Waals surface area contributed by atoms with Crippen molar-refractivity contribution in [3.63, 3.8) is 0 Å². The summed E-state index contributed by atoms with van der Waals surface area (Å²) in [6, 6.07) is 4.69. The Hall–Kier alpha value is -0.868. The van der Waals surface area contributed by atoms with E-state index in [1.807, 2.05) is 47.3 Å². The van der Waals surface area contributed by atoms with Crippen LogP contribution in [0.1, 0.15) is 27.7 Å². The first kappa shape index (κ1) is 19.5. The second kappa shape index (κ2) is 5.84. The van der Waals surface area contributed by atoms with E-state index in [0.29, 0.717) is 11.2 Å². The van der Waals surface area contributed by atoms with Gasteiger partial charge in [0, 0.05) is 0 Å². The maximum absolute atomic E-state index is 11.8. The fourth-order valence-corrected chi connectivity index (χ4v) is 3.69. The van der Waals surface area contributed by atoms with Crippen LogP contribution in [0.3, 0.4) is 0 Å². The average Bonchev–Trinajstić information content (AvgIpc) is 2.55. The average molecular weight is 371 g/mol. The predicted octanol–water partition coefficient (Wildman–Crippen LogP) is 1.85.